The van der Waals surface area contributed by atoms with Crippen molar-refractivity contribution < 1.29 is 4.79 Å². The number of anilines is 1. The van der Waals surface area contributed by atoms with Gasteiger partial charge < -0.3 is 9.80 Å². The molecule has 6 rings (SSSR count). The number of likely N-dealkylation sites (tertiary alicyclic amines) is 2. The Kier molecular flexibility index (Phi) is 6.64. The van der Waals surface area contributed by atoms with Gasteiger partial charge in [-0.3, -0.25) is 9.69 Å². The number of piperidine rings is 1. The van der Waals surface area contributed by atoms with Crippen LogP contribution in [-0.2, 0) is 4.79 Å². The summed E-state index contributed by atoms with van der Waals surface area (Å²) in [5.74, 6) is 2.62. The van der Waals surface area contributed by atoms with Gasteiger partial charge in [0.2, 0.25) is 5.95 Å². The molecule has 0 aromatic carbocycles. The molecule has 198 valence electrons. The number of hydrogen-bond donors (Lipinski definition) is 0. The lowest BCUT2D eigenvalue weighted by atomic mass is 9.48. The topological polar surface area (TPSA) is 52.6 Å². The average Bonchev–Trinajstić information content (AvgIpc) is 3.11. The molecule has 5 fully saturated rings. The number of carbonyl (C=O) groups excluding carboxylic acids is 1. The summed E-state index contributed by atoms with van der Waals surface area (Å²) in [5.41, 5.74) is 1.85. The average molecular weight is 494 g/mol. The van der Waals surface area contributed by atoms with Crippen LogP contribution in [0.15, 0.2) is 12.4 Å². The Hall–Kier alpha value is -1.53. The Bertz CT molecular complexity index is 911. The zero-order chi connectivity index (χ0) is 25.0. The van der Waals surface area contributed by atoms with Crippen molar-refractivity contribution in [2.75, 3.05) is 31.1 Å². The monoisotopic (exact) mass is 493 g/mol. The first kappa shape index (κ1) is 24.8. The Labute approximate surface area is 218 Å². The van der Waals surface area contributed by atoms with Gasteiger partial charge in [0, 0.05) is 61.5 Å². The fourth-order valence-corrected chi connectivity index (χ4v) is 8.34. The van der Waals surface area contributed by atoms with E-state index in [9.17, 15) is 4.79 Å². The quantitative estimate of drug-likeness (QED) is 0.539. The van der Waals surface area contributed by atoms with Crippen molar-refractivity contribution in [3.8, 4) is 0 Å². The summed E-state index contributed by atoms with van der Waals surface area (Å²) in [5, 5.41) is 0. The molecule has 0 radical (unpaired) electrons. The minimum atomic E-state index is 0.204. The normalized spacial score (nSPS) is 36.2. The van der Waals surface area contributed by atoms with E-state index in [1.807, 2.05) is 0 Å². The first-order valence-electron chi connectivity index (χ1n) is 15.0. The van der Waals surface area contributed by atoms with Gasteiger partial charge in [-0.25, -0.2) is 9.97 Å². The molecule has 2 aliphatic carbocycles. The van der Waals surface area contributed by atoms with Gasteiger partial charge in [-0.2, -0.15) is 0 Å². The second kappa shape index (κ2) is 9.65. The van der Waals surface area contributed by atoms with Gasteiger partial charge in [0.25, 0.3) is 0 Å². The predicted octanol–water partition coefficient (Wildman–Crippen LogP) is 4.89. The third-order valence-electron chi connectivity index (χ3n) is 10.8. The van der Waals surface area contributed by atoms with Crippen LogP contribution in [0.1, 0.15) is 97.0 Å². The number of aromatic nitrogens is 2. The lowest BCUT2D eigenvalue weighted by Crippen LogP contribution is -2.58. The number of piperazine rings is 1. The SMILES string of the molecule is CCC(C)N1CC2CCC(C1)N2c1ncc(C2CCN(C3CC4(CC(C(=O)C(C)C)C4)C3)CC2)cn1. The van der Waals surface area contributed by atoms with Crippen molar-refractivity contribution in [3.63, 3.8) is 0 Å². The van der Waals surface area contributed by atoms with E-state index in [1.54, 1.807) is 0 Å². The zero-order valence-corrected chi connectivity index (χ0v) is 23.0. The lowest BCUT2D eigenvalue weighted by Gasteiger charge is -2.60. The summed E-state index contributed by atoms with van der Waals surface area (Å²) in [6.07, 6.45) is 15.5. The maximum Gasteiger partial charge on any atom is 0.225 e. The van der Waals surface area contributed by atoms with Crippen molar-refractivity contribution in [1.82, 2.24) is 19.8 Å². The molecule has 3 unspecified atom stereocenters. The van der Waals surface area contributed by atoms with Gasteiger partial charge in [-0.15, -0.1) is 0 Å². The van der Waals surface area contributed by atoms with E-state index in [2.05, 4.69) is 54.8 Å². The Morgan fingerprint density at radius 3 is 2.11 bits per heavy atom. The minimum Gasteiger partial charge on any atom is -0.332 e. The number of rotatable bonds is 7. The molecule has 4 heterocycles. The van der Waals surface area contributed by atoms with Crippen molar-refractivity contribution >= 4 is 11.7 Å². The zero-order valence-electron chi connectivity index (χ0n) is 23.0. The van der Waals surface area contributed by atoms with E-state index in [1.165, 1.54) is 63.6 Å². The summed E-state index contributed by atoms with van der Waals surface area (Å²) < 4.78 is 0. The molecule has 6 nitrogen and oxygen atoms in total. The molecule has 3 saturated heterocycles. The van der Waals surface area contributed by atoms with Crippen molar-refractivity contribution in [2.45, 2.75) is 116 Å². The summed E-state index contributed by atoms with van der Waals surface area (Å²) >= 11 is 0. The maximum absolute atomic E-state index is 12.3. The van der Waals surface area contributed by atoms with Crippen LogP contribution in [0.3, 0.4) is 0 Å². The Morgan fingerprint density at radius 2 is 1.56 bits per heavy atom. The van der Waals surface area contributed by atoms with Crippen LogP contribution in [0.5, 0.6) is 0 Å². The third kappa shape index (κ3) is 4.40. The van der Waals surface area contributed by atoms with Gasteiger partial charge in [-0.05, 0) is 94.7 Å². The maximum atomic E-state index is 12.3. The van der Waals surface area contributed by atoms with Crippen molar-refractivity contribution in [2.24, 2.45) is 17.3 Å². The fraction of sp³-hybridized carbons (Fsp3) is 0.833. The molecule has 2 saturated carbocycles. The molecule has 36 heavy (non-hydrogen) atoms. The van der Waals surface area contributed by atoms with Crippen LogP contribution in [0.25, 0.3) is 0 Å². The highest BCUT2D eigenvalue weighted by atomic mass is 16.1. The second-order valence-corrected chi connectivity index (χ2v) is 13.4. The molecule has 2 bridgehead atoms. The predicted molar refractivity (Wildman–Crippen MR) is 144 cm³/mol. The Balaban J connectivity index is 0.982. The number of nitrogens with zero attached hydrogens (tertiary/aromatic N) is 5. The van der Waals surface area contributed by atoms with Gasteiger partial charge in [0.05, 0.1) is 0 Å². The highest BCUT2D eigenvalue weighted by Gasteiger charge is 2.56. The number of fused-ring (bicyclic) bond motifs is 2. The molecule has 3 atom stereocenters. The van der Waals surface area contributed by atoms with E-state index >= 15 is 0 Å². The Morgan fingerprint density at radius 1 is 0.944 bits per heavy atom. The number of Topliss-reactive ketones (excluding diaryl/α,β-unsaturated/α-hetero) is 1. The van der Waals surface area contributed by atoms with Crippen LogP contribution in [0, 0.1) is 17.3 Å². The van der Waals surface area contributed by atoms with Gasteiger partial charge >= 0.3 is 0 Å². The summed E-state index contributed by atoms with van der Waals surface area (Å²) in [7, 11) is 0. The molecule has 5 aliphatic rings. The van der Waals surface area contributed by atoms with Crippen LogP contribution in [0.2, 0.25) is 0 Å². The highest BCUT2D eigenvalue weighted by molar-refractivity contribution is 5.83. The van der Waals surface area contributed by atoms with E-state index < -0.39 is 0 Å². The highest BCUT2D eigenvalue weighted by Crippen LogP contribution is 2.60. The molecule has 1 aromatic heterocycles. The van der Waals surface area contributed by atoms with E-state index in [4.69, 9.17) is 9.97 Å². The largest absolute Gasteiger partial charge is 0.332 e. The van der Waals surface area contributed by atoms with Gasteiger partial charge in [0.1, 0.15) is 5.78 Å². The van der Waals surface area contributed by atoms with E-state index in [0.717, 1.165) is 37.9 Å². The fourth-order valence-electron chi connectivity index (χ4n) is 8.34. The number of ketones is 1. The summed E-state index contributed by atoms with van der Waals surface area (Å²) in [6, 6.07) is 2.58. The van der Waals surface area contributed by atoms with Crippen LogP contribution < -0.4 is 4.90 Å². The first-order valence-corrected chi connectivity index (χ1v) is 15.0. The van der Waals surface area contributed by atoms with Crippen LogP contribution >= 0.6 is 0 Å². The minimum absolute atomic E-state index is 0.204. The van der Waals surface area contributed by atoms with E-state index in [0.29, 0.717) is 41.2 Å². The van der Waals surface area contributed by atoms with Gasteiger partial charge in [-0.1, -0.05) is 20.8 Å². The molecule has 3 aliphatic heterocycles. The van der Waals surface area contributed by atoms with Crippen molar-refractivity contribution in [3.05, 3.63) is 18.0 Å². The van der Waals surface area contributed by atoms with Gasteiger partial charge in [0.15, 0.2) is 0 Å². The van der Waals surface area contributed by atoms with E-state index in [-0.39, 0.29) is 5.92 Å². The third-order valence-corrected chi connectivity index (χ3v) is 10.8. The number of hydrogen-bond acceptors (Lipinski definition) is 6. The molecular formula is C30H47N5O. The molecule has 1 spiro atoms. The summed E-state index contributed by atoms with van der Waals surface area (Å²) in [4.78, 5) is 30.1. The first-order chi connectivity index (χ1) is 17.4. The molecule has 0 N–H and O–H groups in total. The van der Waals surface area contributed by atoms with Crippen LogP contribution in [-0.4, -0.2) is 75.9 Å². The molecule has 0 amide bonds. The molecule has 6 heteroatoms. The summed E-state index contributed by atoms with van der Waals surface area (Å²) in [6.45, 7) is 13.5. The smallest absolute Gasteiger partial charge is 0.225 e. The van der Waals surface area contributed by atoms with Crippen molar-refractivity contribution in [1.29, 1.82) is 0 Å². The molecular weight excluding hydrogens is 446 g/mol. The number of carbonyl (C=O) groups is 1. The standard InChI is InChI=1S/C30H47N5O/c1-5-21(4)34-18-25-6-7-26(19-34)35(25)29-31-16-24(17-32-29)22-8-10-33(11-9-22)27-14-30(15-27)12-23(13-30)28(36)20(2)3/h16-17,20-23,25-27H,5-15,18-19H2,1-4H3. The van der Waals surface area contributed by atoms with Crippen LogP contribution in [0.4, 0.5) is 5.95 Å². The molecule has 1 aromatic rings. The second-order valence-electron chi connectivity index (χ2n) is 13.4. The lowest BCUT2D eigenvalue weighted by molar-refractivity contribution is -0.144.